The van der Waals surface area contributed by atoms with Crippen LogP contribution in [0.5, 0.6) is 0 Å². The van der Waals surface area contributed by atoms with Crippen molar-refractivity contribution in [2.75, 3.05) is 6.54 Å². The summed E-state index contributed by atoms with van der Waals surface area (Å²) < 4.78 is 0. The SMILES string of the molecule is NC1SC2CCCCC2N1CC(=O)C1CCC(N([O-])O)CC1. The monoisotopic (exact) mass is 328 g/mol. The molecule has 3 aliphatic rings. The Morgan fingerprint density at radius 1 is 1.23 bits per heavy atom. The van der Waals surface area contributed by atoms with Gasteiger partial charge in [0.25, 0.3) is 0 Å². The molecule has 0 bridgehead atoms. The van der Waals surface area contributed by atoms with Crippen molar-refractivity contribution in [1.29, 1.82) is 0 Å². The maximum atomic E-state index is 12.6. The number of nitrogens with zero attached hydrogens (tertiary/aromatic N) is 2. The van der Waals surface area contributed by atoms with Crippen LogP contribution in [0.15, 0.2) is 0 Å². The number of fused-ring (bicyclic) bond motifs is 1. The molecule has 3 atom stereocenters. The molecule has 126 valence electrons. The minimum atomic E-state index is -0.337. The van der Waals surface area contributed by atoms with E-state index in [2.05, 4.69) is 4.90 Å². The van der Waals surface area contributed by atoms with Gasteiger partial charge in [-0.25, -0.2) is 0 Å². The number of carbonyl (C=O) groups is 1. The Morgan fingerprint density at radius 3 is 2.59 bits per heavy atom. The maximum Gasteiger partial charge on any atom is 0.150 e. The number of thioether (sulfide) groups is 1. The quantitative estimate of drug-likeness (QED) is 0.761. The summed E-state index contributed by atoms with van der Waals surface area (Å²) in [5.74, 6) is 0.284. The van der Waals surface area contributed by atoms with Crippen LogP contribution in [0.3, 0.4) is 0 Å². The van der Waals surface area contributed by atoms with Gasteiger partial charge in [0.2, 0.25) is 0 Å². The Balaban J connectivity index is 1.53. The third-order valence-corrected chi connectivity index (χ3v) is 6.99. The summed E-state index contributed by atoms with van der Waals surface area (Å²) in [5.41, 5.74) is 6.18. The van der Waals surface area contributed by atoms with Crippen molar-refractivity contribution in [2.45, 2.75) is 74.2 Å². The van der Waals surface area contributed by atoms with Crippen LogP contribution < -0.4 is 5.73 Å². The van der Waals surface area contributed by atoms with Gasteiger partial charge in [-0.3, -0.25) is 14.9 Å². The van der Waals surface area contributed by atoms with E-state index in [0.717, 1.165) is 6.42 Å². The molecule has 0 aromatic rings. The van der Waals surface area contributed by atoms with Gasteiger partial charge >= 0.3 is 0 Å². The summed E-state index contributed by atoms with van der Waals surface area (Å²) in [6.45, 7) is 0.449. The largest absolute Gasteiger partial charge is 0.762 e. The second kappa shape index (κ2) is 7.15. The Hall–Kier alpha value is -0.180. The molecule has 3 rings (SSSR count). The number of hydrogen-bond acceptors (Lipinski definition) is 7. The molecule has 1 heterocycles. The second-order valence-electron chi connectivity index (χ2n) is 6.86. The molecule has 3 fully saturated rings. The van der Waals surface area contributed by atoms with E-state index in [1.165, 1.54) is 19.3 Å². The van der Waals surface area contributed by atoms with E-state index in [9.17, 15) is 10.0 Å². The van der Waals surface area contributed by atoms with E-state index in [4.69, 9.17) is 10.9 Å². The average molecular weight is 328 g/mol. The molecule has 3 N–H and O–H groups in total. The molecule has 0 aromatic heterocycles. The Kier molecular flexibility index (Phi) is 5.42. The first-order valence-electron chi connectivity index (χ1n) is 8.41. The fourth-order valence-corrected chi connectivity index (χ4v) is 5.72. The van der Waals surface area contributed by atoms with Crippen molar-refractivity contribution in [3.8, 4) is 0 Å². The molecule has 0 spiro atoms. The standard InChI is InChI=1S/C15H26N3O3S/c16-15-17(12-3-1-2-4-14(12)22-15)9-13(19)10-5-7-11(8-6-10)18(20)21/h10-12,14-15,20H,1-9,16H2/q-1. The molecule has 22 heavy (non-hydrogen) atoms. The highest BCUT2D eigenvalue weighted by atomic mass is 32.2. The predicted octanol–water partition coefficient (Wildman–Crippen LogP) is 1.91. The topological polar surface area (TPSA) is 92.9 Å². The van der Waals surface area contributed by atoms with Gasteiger partial charge in [0.1, 0.15) is 11.3 Å². The van der Waals surface area contributed by atoms with Crippen LogP contribution in [0.1, 0.15) is 51.4 Å². The number of Topliss-reactive ketones (excluding diaryl/α,β-unsaturated/α-hetero) is 1. The highest BCUT2D eigenvalue weighted by Crippen LogP contribution is 2.41. The summed E-state index contributed by atoms with van der Waals surface area (Å²) in [7, 11) is 0. The van der Waals surface area contributed by atoms with Crippen LogP contribution in [0, 0.1) is 11.1 Å². The first kappa shape index (κ1) is 16.7. The number of hydrogen-bond donors (Lipinski definition) is 2. The molecule has 7 heteroatoms. The number of nitrogens with two attached hydrogens (primary N) is 1. The van der Waals surface area contributed by atoms with Crippen LogP contribution in [0.25, 0.3) is 0 Å². The van der Waals surface area contributed by atoms with E-state index in [0.29, 0.717) is 43.5 Å². The summed E-state index contributed by atoms with van der Waals surface area (Å²) in [6, 6.07) is 0.125. The highest BCUT2D eigenvalue weighted by molar-refractivity contribution is 8.00. The number of carbonyl (C=O) groups excluding carboxylic acids is 1. The zero-order valence-electron chi connectivity index (χ0n) is 12.9. The molecular formula is C15H26N3O3S-. The zero-order valence-corrected chi connectivity index (χ0v) is 13.7. The molecule has 3 unspecified atom stereocenters. The van der Waals surface area contributed by atoms with Crippen molar-refractivity contribution in [3.05, 3.63) is 5.21 Å². The van der Waals surface area contributed by atoms with E-state index in [1.54, 1.807) is 0 Å². The van der Waals surface area contributed by atoms with E-state index in [-0.39, 0.29) is 28.5 Å². The third kappa shape index (κ3) is 3.49. The van der Waals surface area contributed by atoms with E-state index < -0.39 is 0 Å². The molecule has 0 radical (unpaired) electrons. The van der Waals surface area contributed by atoms with Gasteiger partial charge in [-0.15, -0.1) is 11.8 Å². The van der Waals surface area contributed by atoms with Crippen LogP contribution in [0.2, 0.25) is 0 Å². The first-order chi connectivity index (χ1) is 10.6. The van der Waals surface area contributed by atoms with Crippen molar-refractivity contribution in [2.24, 2.45) is 11.7 Å². The highest BCUT2D eigenvalue weighted by Gasteiger charge is 2.42. The second-order valence-corrected chi connectivity index (χ2v) is 8.22. The summed E-state index contributed by atoms with van der Waals surface area (Å²) in [6.07, 6.45) is 7.49. The Morgan fingerprint density at radius 2 is 1.91 bits per heavy atom. The van der Waals surface area contributed by atoms with Crippen molar-refractivity contribution in [3.63, 3.8) is 0 Å². The smallest absolute Gasteiger partial charge is 0.150 e. The fraction of sp³-hybridized carbons (Fsp3) is 0.933. The zero-order chi connectivity index (χ0) is 15.7. The maximum absolute atomic E-state index is 12.6. The summed E-state index contributed by atoms with van der Waals surface area (Å²) >= 11 is 1.82. The van der Waals surface area contributed by atoms with Crippen molar-refractivity contribution in [1.82, 2.24) is 10.1 Å². The molecule has 0 amide bonds. The van der Waals surface area contributed by atoms with E-state index in [1.807, 2.05) is 11.8 Å². The summed E-state index contributed by atoms with van der Waals surface area (Å²) in [5, 5.41) is 20.5. The van der Waals surface area contributed by atoms with Gasteiger partial charge in [0.15, 0.2) is 0 Å². The minimum absolute atomic E-state index is 0.0241. The van der Waals surface area contributed by atoms with Gasteiger partial charge in [-0.05, 0) is 38.5 Å². The van der Waals surface area contributed by atoms with Crippen molar-refractivity contribution >= 4 is 17.5 Å². The lowest BCUT2D eigenvalue weighted by Gasteiger charge is -2.37. The molecule has 1 aliphatic heterocycles. The van der Waals surface area contributed by atoms with Crippen molar-refractivity contribution < 1.29 is 10.0 Å². The van der Waals surface area contributed by atoms with Crippen LogP contribution in [0.4, 0.5) is 0 Å². The van der Waals surface area contributed by atoms with Gasteiger partial charge < -0.3 is 16.1 Å². The van der Waals surface area contributed by atoms with Crippen LogP contribution in [-0.2, 0) is 4.79 Å². The minimum Gasteiger partial charge on any atom is -0.762 e. The van der Waals surface area contributed by atoms with Gasteiger partial charge in [0.05, 0.1) is 6.54 Å². The lowest BCUT2D eigenvalue weighted by atomic mass is 9.83. The number of rotatable bonds is 4. The van der Waals surface area contributed by atoms with Gasteiger partial charge in [0, 0.05) is 23.3 Å². The average Bonchev–Trinajstić information content (AvgIpc) is 2.83. The fourth-order valence-electron chi connectivity index (χ4n) is 4.20. The molecule has 1 saturated heterocycles. The Bertz CT molecular complexity index is 401. The van der Waals surface area contributed by atoms with Gasteiger partial charge in [-0.1, -0.05) is 12.8 Å². The first-order valence-corrected chi connectivity index (χ1v) is 9.35. The lowest BCUT2D eigenvalue weighted by molar-refractivity contribution is -0.128. The van der Waals surface area contributed by atoms with E-state index >= 15 is 0 Å². The predicted molar refractivity (Wildman–Crippen MR) is 86.1 cm³/mol. The normalized spacial score (nSPS) is 39.9. The number of hydroxylamine groups is 2. The molecule has 2 aliphatic carbocycles. The molecule has 6 nitrogen and oxygen atoms in total. The molecule has 0 aromatic carbocycles. The van der Waals surface area contributed by atoms with Crippen LogP contribution >= 0.6 is 11.8 Å². The molecular weight excluding hydrogens is 302 g/mol. The summed E-state index contributed by atoms with van der Waals surface area (Å²) in [4.78, 5) is 14.8. The van der Waals surface area contributed by atoms with Crippen LogP contribution in [-0.4, -0.2) is 50.5 Å². The van der Waals surface area contributed by atoms with Gasteiger partial charge in [-0.2, -0.15) is 0 Å². The number of ketones is 1. The third-order valence-electron chi connectivity index (χ3n) is 5.54. The lowest BCUT2D eigenvalue weighted by Crippen LogP contribution is -2.47. The molecule has 2 saturated carbocycles. The Labute approximate surface area is 135 Å².